The lowest BCUT2D eigenvalue weighted by Gasteiger charge is -2.35. The van der Waals surface area contributed by atoms with E-state index in [2.05, 4.69) is 28.8 Å². The molecule has 3 aromatic carbocycles. The van der Waals surface area contributed by atoms with Gasteiger partial charge in [0.05, 0.1) is 16.5 Å². The summed E-state index contributed by atoms with van der Waals surface area (Å²) in [7, 11) is 0. The number of hydrogen-bond acceptors (Lipinski definition) is 4. The van der Waals surface area contributed by atoms with Gasteiger partial charge in [-0.05, 0) is 23.3 Å². The minimum absolute atomic E-state index is 0.0385. The fourth-order valence-corrected chi connectivity index (χ4v) is 3.32. The number of para-hydroxylation sites is 2. The van der Waals surface area contributed by atoms with Crippen LogP contribution in [0.15, 0.2) is 78.9 Å². The van der Waals surface area contributed by atoms with Crippen molar-refractivity contribution in [1.82, 2.24) is 5.32 Å². The van der Waals surface area contributed by atoms with Gasteiger partial charge >= 0.3 is 0 Å². The zero-order valence-electron chi connectivity index (χ0n) is 13.4. The molecule has 0 saturated carbocycles. The molecule has 2 atom stereocenters. The van der Waals surface area contributed by atoms with Gasteiger partial charge in [0.2, 0.25) is 0 Å². The van der Waals surface area contributed by atoms with Gasteiger partial charge in [0.25, 0.3) is 5.69 Å². The third-order valence-corrected chi connectivity index (χ3v) is 4.48. The molecule has 0 amide bonds. The van der Waals surface area contributed by atoms with Crippen LogP contribution < -0.4 is 10.6 Å². The van der Waals surface area contributed by atoms with Crippen LogP contribution in [-0.4, -0.2) is 4.92 Å². The first-order chi connectivity index (χ1) is 12.2. The number of rotatable bonds is 3. The molecule has 5 nitrogen and oxygen atoms in total. The minimum atomic E-state index is -0.346. The van der Waals surface area contributed by atoms with Gasteiger partial charge in [0.1, 0.15) is 6.17 Å². The highest BCUT2D eigenvalue weighted by Crippen LogP contribution is 2.38. The first-order valence-electron chi connectivity index (χ1n) is 8.14. The summed E-state index contributed by atoms with van der Waals surface area (Å²) < 4.78 is 0. The number of nitro benzene ring substituents is 1. The van der Waals surface area contributed by atoms with Crippen LogP contribution in [0.3, 0.4) is 0 Å². The number of nitro groups is 1. The molecule has 0 aromatic heterocycles. The van der Waals surface area contributed by atoms with E-state index in [0.29, 0.717) is 5.56 Å². The zero-order valence-corrected chi connectivity index (χ0v) is 13.4. The Bertz CT molecular complexity index is 912. The first kappa shape index (κ1) is 15.4. The summed E-state index contributed by atoms with van der Waals surface area (Å²) in [5, 5.41) is 18.3. The number of nitrogens with one attached hydrogen (secondary N) is 2. The second-order valence-electron chi connectivity index (χ2n) is 5.99. The minimum Gasteiger partial charge on any atom is -0.365 e. The Hall–Kier alpha value is -3.18. The standard InChI is InChI=1S/C20H17N3O2/c24-23(25)18-13-7-5-11-16(18)20-21-17-12-6-4-10-15(17)19(22-20)14-8-2-1-3-9-14/h1-13,19-22H. The Kier molecular flexibility index (Phi) is 3.91. The van der Waals surface area contributed by atoms with Crippen LogP contribution in [0.2, 0.25) is 0 Å². The van der Waals surface area contributed by atoms with Gasteiger partial charge in [-0.3, -0.25) is 15.4 Å². The molecule has 0 fully saturated rings. The molecule has 0 saturated heterocycles. The molecule has 1 heterocycles. The van der Waals surface area contributed by atoms with Gasteiger partial charge in [0, 0.05) is 11.8 Å². The number of fused-ring (bicyclic) bond motifs is 1. The largest absolute Gasteiger partial charge is 0.365 e. The van der Waals surface area contributed by atoms with Gasteiger partial charge in [-0.2, -0.15) is 0 Å². The topological polar surface area (TPSA) is 67.2 Å². The van der Waals surface area contributed by atoms with Crippen molar-refractivity contribution in [3.05, 3.63) is 106 Å². The fraction of sp³-hybridized carbons (Fsp3) is 0.100. The van der Waals surface area contributed by atoms with Crippen molar-refractivity contribution in [3.63, 3.8) is 0 Å². The maximum Gasteiger partial charge on any atom is 0.276 e. The predicted molar refractivity (Wildman–Crippen MR) is 97.3 cm³/mol. The first-order valence-corrected chi connectivity index (χ1v) is 8.14. The van der Waals surface area contributed by atoms with Crippen LogP contribution in [0.4, 0.5) is 11.4 Å². The zero-order chi connectivity index (χ0) is 17.2. The van der Waals surface area contributed by atoms with Gasteiger partial charge in [-0.1, -0.05) is 60.7 Å². The Labute approximate surface area is 145 Å². The van der Waals surface area contributed by atoms with Gasteiger partial charge in [-0.15, -0.1) is 0 Å². The molecule has 1 aliphatic rings. The summed E-state index contributed by atoms with van der Waals surface area (Å²) in [6.45, 7) is 0. The second-order valence-corrected chi connectivity index (χ2v) is 5.99. The number of hydrogen-bond donors (Lipinski definition) is 2. The average molecular weight is 331 g/mol. The van der Waals surface area contributed by atoms with Crippen molar-refractivity contribution < 1.29 is 4.92 Å². The lowest BCUT2D eigenvalue weighted by molar-refractivity contribution is -0.385. The van der Waals surface area contributed by atoms with Crippen LogP contribution in [-0.2, 0) is 0 Å². The molecule has 0 radical (unpaired) electrons. The van der Waals surface area contributed by atoms with Crippen LogP contribution >= 0.6 is 0 Å². The van der Waals surface area contributed by atoms with Crippen LogP contribution in [0, 0.1) is 10.1 Å². The van der Waals surface area contributed by atoms with Crippen molar-refractivity contribution in [2.75, 3.05) is 5.32 Å². The molecule has 0 spiro atoms. The summed E-state index contributed by atoms with van der Waals surface area (Å²) in [6.07, 6.45) is -0.346. The maximum atomic E-state index is 11.4. The van der Waals surface area contributed by atoms with Gasteiger partial charge in [0.15, 0.2) is 0 Å². The van der Waals surface area contributed by atoms with E-state index in [0.717, 1.165) is 16.8 Å². The molecule has 0 bridgehead atoms. The normalized spacial score (nSPS) is 18.9. The molecule has 25 heavy (non-hydrogen) atoms. The van der Waals surface area contributed by atoms with Crippen LogP contribution in [0.5, 0.6) is 0 Å². The van der Waals surface area contributed by atoms with E-state index < -0.39 is 0 Å². The summed E-state index contributed by atoms with van der Waals surface area (Å²) in [4.78, 5) is 11.1. The van der Waals surface area contributed by atoms with Gasteiger partial charge < -0.3 is 5.32 Å². The SMILES string of the molecule is O=[N+]([O-])c1ccccc1C1Nc2ccccc2C(c2ccccc2)N1. The predicted octanol–water partition coefficient (Wildman–Crippen LogP) is 4.40. The molecule has 1 aliphatic heterocycles. The van der Waals surface area contributed by atoms with Gasteiger partial charge in [-0.25, -0.2) is 0 Å². The molecule has 5 heteroatoms. The highest BCUT2D eigenvalue weighted by Gasteiger charge is 2.30. The summed E-state index contributed by atoms with van der Waals surface area (Å²) in [6, 6.07) is 25.0. The Morgan fingerprint density at radius 2 is 1.44 bits per heavy atom. The highest BCUT2D eigenvalue weighted by atomic mass is 16.6. The summed E-state index contributed by atoms with van der Waals surface area (Å²) in [5.41, 5.74) is 3.98. The Morgan fingerprint density at radius 3 is 2.20 bits per heavy atom. The number of benzene rings is 3. The quantitative estimate of drug-likeness (QED) is 0.551. The highest BCUT2D eigenvalue weighted by molar-refractivity contribution is 5.60. The van der Waals surface area contributed by atoms with Crippen molar-refractivity contribution >= 4 is 11.4 Å². The van der Waals surface area contributed by atoms with Crippen molar-refractivity contribution in [3.8, 4) is 0 Å². The van der Waals surface area contributed by atoms with Crippen LogP contribution in [0.25, 0.3) is 0 Å². The van der Waals surface area contributed by atoms with Crippen molar-refractivity contribution in [1.29, 1.82) is 0 Å². The average Bonchev–Trinajstić information content (AvgIpc) is 2.67. The molecule has 124 valence electrons. The smallest absolute Gasteiger partial charge is 0.276 e. The molecule has 4 rings (SSSR count). The third kappa shape index (κ3) is 2.86. The van der Waals surface area contributed by atoms with E-state index in [1.54, 1.807) is 12.1 Å². The Morgan fingerprint density at radius 1 is 0.800 bits per heavy atom. The number of anilines is 1. The monoisotopic (exact) mass is 331 g/mol. The van der Waals surface area contributed by atoms with E-state index >= 15 is 0 Å². The molecule has 0 aliphatic carbocycles. The van der Waals surface area contributed by atoms with Crippen LogP contribution in [0.1, 0.15) is 28.9 Å². The van der Waals surface area contributed by atoms with E-state index in [9.17, 15) is 10.1 Å². The Balaban J connectivity index is 1.80. The lowest BCUT2D eigenvalue weighted by Crippen LogP contribution is -2.37. The molecule has 2 unspecified atom stereocenters. The third-order valence-electron chi connectivity index (χ3n) is 4.48. The van der Waals surface area contributed by atoms with E-state index in [1.807, 2.05) is 42.5 Å². The van der Waals surface area contributed by atoms with E-state index in [-0.39, 0.29) is 22.8 Å². The molecule has 2 N–H and O–H groups in total. The van der Waals surface area contributed by atoms with E-state index in [4.69, 9.17) is 0 Å². The molecular weight excluding hydrogens is 314 g/mol. The summed E-state index contributed by atoms with van der Waals surface area (Å²) >= 11 is 0. The van der Waals surface area contributed by atoms with Crippen molar-refractivity contribution in [2.45, 2.75) is 12.2 Å². The summed E-state index contributed by atoms with van der Waals surface area (Å²) in [5.74, 6) is 0. The molecular formula is C20H17N3O2. The lowest BCUT2D eigenvalue weighted by atomic mass is 9.93. The van der Waals surface area contributed by atoms with Crippen molar-refractivity contribution in [2.24, 2.45) is 0 Å². The second kappa shape index (κ2) is 6.37. The molecule has 3 aromatic rings. The maximum absolute atomic E-state index is 11.4. The van der Waals surface area contributed by atoms with E-state index in [1.165, 1.54) is 6.07 Å². The fourth-order valence-electron chi connectivity index (χ4n) is 3.32. The number of nitrogens with zero attached hydrogens (tertiary/aromatic N) is 1.